The summed E-state index contributed by atoms with van der Waals surface area (Å²) in [5, 5.41) is 17.7. The van der Waals surface area contributed by atoms with E-state index in [-0.39, 0.29) is 36.0 Å². The fourth-order valence-electron chi connectivity index (χ4n) is 3.97. The summed E-state index contributed by atoms with van der Waals surface area (Å²) in [4.78, 5) is 36.0. The maximum Gasteiger partial charge on any atom is 0.273 e. The van der Waals surface area contributed by atoms with E-state index in [0.29, 0.717) is 23.1 Å². The molecule has 2 N–H and O–H groups in total. The maximum atomic E-state index is 12.7. The Morgan fingerprint density at radius 2 is 1.77 bits per heavy atom. The molecule has 1 amide bonds. The molecular weight excluding hydrogens is 394 g/mol. The molecule has 0 spiro atoms. The van der Waals surface area contributed by atoms with Crippen LogP contribution in [0, 0.1) is 10.1 Å². The van der Waals surface area contributed by atoms with Gasteiger partial charge in [0.1, 0.15) is 0 Å². The molecule has 164 valence electrons. The van der Waals surface area contributed by atoms with Crippen LogP contribution in [0.4, 0.5) is 5.69 Å². The lowest BCUT2D eigenvalue weighted by Crippen LogP contribution is -2.39. The van der Waals surface area contributed by atoms with Gasteiger partial charge in [-0.3, -0.25) is 19.7 Å². The number of nitro benzene ring substituents is 1. The fraction of sp³-hybridized carbons (Fsp3) is 0.417. The topological polar surface area (TPSA) is 101 Å². The molecule has 0 bridgehead atoms. The van der Waals surface area contributed by atoms with Crippen LogP contribution in [0.3, 0.4) is 0 Å². The van der Waals surface area contributed by atoms with Crippen LogP contribution in [0.5, 0.6) is 0 Å². The van der Waals surface area contributed by atoms with Crippen molar-refractivity contribution in [2.75, 3.05) is 0 Å². The second kappa shape index (κ2) is 10.8. The molecule has 1 aliphatic carbocycles. The van der Waals surface area contributed by atoms with Crippen molar-refractivity contribution in [2.24, 2.45) is 0 Å². The van der Waals surface area contributed by atoms with Gasteiger partial charge in [0, 0.05) is 47.8 Å². The Morgan fingerprint density at radius 1 is 1.06 bits per heavy atom. The van der Waals surface area contributed by atoms with Crippen molar-refractivity contribution in [3.63, 3.8) is 0 Å². The first-order chi connectivity index (χ1) is 14.9. The predicted molar refractivity (Wildman–Crippen MR) is 119 cm³/mol. The largest absolute Gasteiger partial charge is 0.353 e. The summed E-state index contributed by atoms with van der Waals surface area (Å²) in [6, 6.07) is 13.3. The summed E-state index contributed by atoms with van der Waals surface area (Å²) < 4.78 is 0. The minimum absolute atomic E-state index is 0.00518. The number of nitro groups is 1. The number of carbonyl (C=O) groups excluding carboxylic acids is 2. The van der Waals surface area contributed by atoms with Crippen molar-refractivity contribution < 1.29 is 14.5 Å². The Balaban J connectivity index is 1.63. The molecule has 1 unspecified atom stereocenters. The van der Waals surface area contributed by atoms with Crippen molar-refractivity contribution in [3.8, 4) is 0 Å². The Kier molecular flexibility index (Phi) is 7.89. The van der Waals surface area contributed by atoms with E-state index < -0.39 is 4.92 Å². The average molecular weight is 424 g/mol. The molecule has 7 heteroatoms. The van der Waals surface area contributed by atoms with Crippen molar-refractivity contribution in [1.82, 2.24) is 10.6 Å². The van der Waals surface area contributed by atoms with E-state index in [1.807, 2.05) is 13.0 Å². The molecule has 0 saturated heterocycles. The van der Waals surface area contributed by atoms with Gasteiger partial charge in [-0.25, -0.2) is 0 Å². The van der Waals surface area contributed by atoms with E-state index in [9.17, 15) is 19.7 Å². The van der Waals surface area contributed by atoms with E-state index in [0.717, 1.165) is 25.7 Å². The molecule has 1 saturated carbocycles. The van der Waals surface area contributed by atoms with Crippen molar-refractivity contribution >= 4 is 17.4 Å². The van der Waals surface area contributed by atoms with Crippen LogP contribution in [0.25, 0.3) is 0 Å². The van der Waals surface area contributed by atoms with Gasteiger partial charge < -0.3 is 10.6 Å². The van der Waals surface area contributed by atoms with Gasteiger partial charge in [-0.2, -0.15) is 0 Å². The number of amides is 1. The summed E-state index contributed by atoms with van der Waals surface area (Å²) in [7, 11) is 0. The van der Waals surface area contributed by atoms with E-state index in [1.54, 1.807) is 30.3 Å². The molecule has 3 rings (SSSR count). The standard InChI is InChI=1S/C24H29N3O4/c1-17(14-23(28)26-21-10-6-3-7-11-21)25-16-20-15-19(12-13-22(20)27(30)31)24(29)18-8-4-2-5-9-18/h2,4-5,8-9,12-13,15,17,21,25H,3,6-7,10-11,14,16H2,1H3,(H,26,28). The first-order valence-corrected chi connectivity index (χ1v) is 10.8. The van der Waals surface area contributed by atoms with Crippen LogP contribution >= 0.6 is 0 Å². The van der Waals surface area contributed by atoms with E-state index in [1.165, 1.54) is 18.6 Å². The highest BCUT2D eigenvalue weighted by Crippen LogP contribution is 2.22. The Morgan fingerprint density at radius 3 is 2.45 bits per heavy atom. The molecule has 2 aromatic carbocycles. The molecule has 2 aromatic rings. The minimum Gasteiger partial charge on any atom is -0.353 e. The van der Waals surface area contributed by atoms with Gasteiger partial charge >= 0.3 is 0 Å². The highest BCUT2D eigenvalue weighted by atomic mass is 16.6. The molecule has 1 aliphatic rings. The molecule has 0 aromatic heterocycles. The van der Waals surface area contributed by atoms with Gasteiger partial charge in [0.15, 0.2) is 5.78 Å². The van der Waals surface area contributed by atoms with Crippen LogP contribution in [0.2, 0.25) is 0 Å². The van der Waals surface area contributed by atoms with E-state index in [4.69, 9.17) is 0 Å². The number of carbonyl (C=O) groups is 2. The monoisotopic (exact) mass is 423 g/mol. The molecule has 1 fully saturated rings. The third kappa shape index (κ3) is 6.46. The van der Waals surface area contributed by atoms with Crippen molar-refractivity contribution in [1.29, 1.82) is 0 Å². The first kappa shape index (κ1) is 22.6. The lowest BCUT2D eigenvalue weighted by atomic mass is 9.95. The lowest BCUT2D eigenvalue weighted by molar-refractivity contribution is -0.385. The number of ketones is 1. The second-order valence-corrected chi connectivity index (χ2v) is 8.18. The highest BCUT2D eigenvalue weighted by molar-refractivity contribution is 6.09. The van der Waals surface area contributed by atoms with Gasteiger partial charge in [0.2, 0.25) is 5.91 Å². The molecule has 1 atom stereocenters. The number of hydrogen-bond acceptors (Lipinski definition) is 5. The van der Waals surface area contributed by atoms with Crippen LogP contribution in [0.15, 0.2) is 48.5 Å². The van der Waals surface area contributed by atoms with Gasteiger partial charge in [0.25, 0.3) is 5.69 Å². The van der Waals surface area contributed by atoms with Gasteiger partial charge in [-0.15, -0.1) is 0 Å². The zero-order valence-electron chi connectivity index (χ0n) is 17.8. The average Bonchev–Trinajstić information content (AvgIpc) is 2.78. The van der Waals surface area contributed by atoms with Gasteiger partial charge in [-0.05, 0) is 31.9 Å². The molecule has 0 aliphatic heterocycles. The van der Waals surface area contributed by atoms with Crippen LogP contribution in [-0.2, 0) is 11.3 Å². The van der Waals surface area contributed by atoms with Gasteiger partial charge in [-0.1, -0.05) is 49.6 Å². The van der Waals surface area contributed by atoms with Crippen LogP contribution < -0.4 is 10.6 Å². The summed E-state index contributed by atoms with van der Waals surface area (Å²) >= 11 is 0. The number of nitrogens with one attached hydrogen (secondary N) is 2. The first-order valence-electron chi connectivity index (χ1n) is 10.8. The molecule has 0 heterocycles. The predicted octanol–water partition coefficient (Wildman–Crippen LogP) is 4.14. The summed E-state index contributed by atoms with van der Waals surface area (Å²) in [6.45, 7) is 2.08. The van der Waals surface area contributed by atoms with Gasteiger partial charge in [0.05, 0.1) is 4.92 Å². The summed E-state index contributed by atoms with van der Waals surface area (Å²) in [5.74, 6) is -0.189. The van der Waals surface area contributed by atoms with Crippen LogP contribution in [-0.4, -0.2) is 28.7 Å². The normalized spacial score (nSPS) is 15.3. The number of hydrogen-bond donors (Lipinski definition) is 2. The maximum absolute atomic E-state index is 12.7. The summed E-state index contributed by atoms with van der Waals surface area (Å²) in [5.41, 5.74) is 1.31. The zero-order valence-corrected chi connectivity index (χ0v) is 17.8. The van der Waals surface area contributed by atoms with E-state index in [2.05, 4.69) is 10.6 Å². The number of benzene rings is 2. The SMILES string of the molecule is CC(CC(=O)NC1CCCCC1)NCc1cc(C(=O)c2ccccc2)ccc1[N+](=O)[O-]. The van der Waals surface area contributed by atoms with E-state index >= 15 is 0 Å². The second-order valence-electron chi connectivity index (χ2n) is 8.18. The Labute approximate surface area is 182 Å². The van der Waals surface area contributed by atoms with Crippen LogP contribution in [0.1, 0.15) is 66.9 Å². The lowest BCUT2D eigenvalue weighted by Gasteiger charge is -2.23. The third-order valence-electron chi connectivity index (χ3n) is 5.68. The quantitative estimate of drug-likeness (QED) is 0.359. The number of nitrogens with zero attached hydrogens (tertiary/aromatic N) is 1. The zero-order chi connectivity index (χ0) is 22.2. The third-order valence-corrected chi connectivity index (χ3v) is 5.68. The molecule has 31 heavy (non-hydrogen) atoms. The number of rotatable bonds is 9. The minimum atomic E-state index is -0.450. The summed E-state index contributed by atoms with van der Waals surface area (Å²) in [6.07, 6.45) is 5.90. The molecule has 7 nitrogen and oxygen atoms in total. The Hall–Kier alpha value is -3.06. The fourth-order valence-corrected chi connectivity index (χ4v) is 3.97. The molecular formula is C24H29N3O4. The highest BCUT2D eigenvalue weighted by Gasteiger charge is 2.20. The molecule has 0 radical (unpaired) electrons. The smallest absolute Gasteiger partial charge is 0.273 e. The van der Waals surface area contributed by atoms with Crippen molar-refractivity contribution in [3.05, 3.63) is 75.3 Å². The van der Waals surface area contributed by atoms with Crippen molar-refractivity contribution in [2.45, 2.75) is 64.1 Å². The Bertz CT molecular complexity index is 924.